The van der Waals surface area contributed by atoms with Gasteiger partial charge >= 0.3 is 13.8 Å². The van der Waals surface area contributed by atoms with Gasteiger partial charge in [-0.25, -0.2) is 4.57 Å². The number of nitrogens with zero attached hydrogens (tertiary/aromatic N) is 1. The van der Waals surface area contributed by atoms with Crippen molar-refractivity contribution in [3.63, 3.8) is 0 Å². The second kappa shape index (κ2) is 51.2. The molecule has 0 spiro atoms. The lowest BCUT2D eigenvalue weighted by Gasteiger charge is -2.27. The second-order valence-corrected chi connectivity index (χ2v) is 22.7. The highest BCUT2D eigenvalue weighted by Gasteiger charge is 2.30. The summed E-state index contributed by atoms with van der Waals surface area (Å²) < 4.78 is 30.6. The molecule has 0 saturated carbocycles. The van der Waals surface area contributed by atoms with E-state index in [2.05, 4.69) is 74.7 Å². The van der Waals surface area contributed by atoms with E-state index in [4.69, 9.17) is 13.8 Å². The van der Waals surface area contributed by atoms with Crippen molar-refractivity contribution >= 4 is 19.7 Å². The summed E-state index contributed by atoms with van der Waals surface area (Å²) >= 11 is 0. The Balaban J connectivity index is 5.35. The lowest BCUT2D eigenvalue weighted by molar-refractivity contribution is -0.870. The molecule has 2 N–H and O–H groups in total. The van der Waals surface area contributed by atoms with E-state index in [1.165, 1.54) is 141 Å². The van der Waals surface area contributed by atoms with Crippen LogP contribution in [0, 0.1) is 0 Å². The van der Waals surface area contributed by atoms with Gasteiger partial charge in [-0.1, -0.05) is 236 Å². The van der Waals surface area contributed by atoms with Crippen LogP contribution in [0.1, 0.15) is 265 Å². The molecule has 0 radical (unpaired) electrons. The fourth-order valence-corrected chi connectivity index (χ4v) is 9.14. The van der Waals surface area contributed by atoms with Crippen LogP contribution in [0.15, 0.2) is 60.8 Å². The van der Waals surface area contributed by atoms with Crippen LogP contribution in [0.3, 0.4) is 0 Å². The molecule has 0 bridgehead atoms. The number of phosphoric ester groups is 1. The largest absolute Gasteiger partial charge is 0.472 e. The lowest BCUT2D eigenvalue weighted by Crippen LogP contribution is -2.47. The van der Waals surface area contributed by atoms with Gasteiger partial charge < -0.3 is 19.4 Å². The van der Waals surface area contributed by atoms with Crippen molar-refractivity contribution in [3.05, 3.63) is 60.8 Å². The third kappa shape index (κ3) is 52.4. The van der Waals surface area contributed by atoms with Gasteiger partial charge in [-0.05, 0) is 76.7 Å². The van der Waals surface area contributed by atoms with E-state index >= 15 is 0 Å². The molecule has 3 atom stereocenters. The minimum absolute atomic E-state index is 0.0362. The molecule has 0 aromatic carbocycles. The van der Waals surface area contributed by atoms with Crippen LogP contribution in [-0.2, 0) is 27.9 Å². The summed E-state index contributed by atoms with van der Waals surface area (Å²) in [5.74, 6) is -0.521. The summed E-state index contributed by atoms with van der Waals surface area (Å²) in [6.45, 7) is 6.88. The first-order chi connectivity index (χ1) is 34.4. The molecule has 0 aliphatic carbocycles. The standard InChI is InChI=1S/C61H113N2O7P/c1-7-10-13-16-19-22-25-28-30-31-33-35-38-41-44-47-50-53-60(64)62-58(57-69-71(66,67)68-56-55-63(4,5)6)59(52-49-46-43-40-37-34-27-24-21-18-15-12-9-3)70-61(65)54-51-48-45-42-39-36-32-29-26-23-20-17-14-11-8-2/h11,14,17,20,23,26,28,30,49,52,58-59H,7-10,12-13,15-16,18-19,21-22,24-25,27,29,31-48,50-51,53-57H2,1-6H3,(H-,62,64,66,67)/p+1/b14-11+,20-17+,26-23+,30-28+,52-49+. The second-order valence-electron chi connectivity index (χ2n) is 21.2. The molecule has 0 rings (SSSR count). The van der Waals surface area contributed by atoms with Crippen molar-refractivity contribution in [1.29, 1.82) is 0 Å². The van der Waals surface area contributed by atoms with Crippen LogP contribution < -0.4 is 5.32 Å². The Bertz CT molecular complexity index is 1400. The maximum atomic E-state index is 13.5. The number of carbonyl (C=O) groups excluding carboxylic acids is 2. The number of unbranched alkanes of at least 4 members (excludes halogenated alkanes) is 31. The van der Waals surface area contributed by atoms with Crippen LogP contribution in [0.4, 0.5) is 0 Å². The zero-order valence-electron chi connectivity index (χ0n) is 47.2. The zero-order valence-corrected chi connectivity index (χ0v) is 48.1. The van der Waals surface area contributed by atoms with E-state index in [1.807, 2.05) is 33.3 Å². The van der Waals surface area contributed by atoms with Crippen molar-refractivity contribution in [2.45, 2.75) is 277 Å². The number of phosphoric acid groups is 1. The number of hydrogen-bond donors (Lipinski definition) is 2. The van der Waals surface area contributed by atoms with Gasteiger partial charge in [0.1, 0.15) is 19.3 Å². The topological polar surface area (TPSA) is 111 Å². The third-order valence-corrected chi connectivity index (χ3v) is 14.0. The average molecular weight is 1020 g/mol. The Hall–Kier alpha value is -2.29. The zero-order chi connectivity index (χ0) is 52.2. The van der Waals surface area contributed by atoms with E-state index in [0.717, 1.165) is 89.9 Å². The molecule has 10 heteroatoms. The molecule has 0 aliphatic rings. The summed E-state index contributed by atoms with van der Waals surface area (Å²) in [6.07, 6.45) is 63.5. The number of hydrogen-bond acceptors (Lipinski definition) is 6. The van der Waals surface area contributed by atoms with E-state index in [1.54, 1.807) is 0 Å². The SMILES string of the molecule is CC/C=C/C=C/C=C/CCCCCCCCCC(=O)OC(/C=C/CCCCCCCCCCCCC)C(COP(=O)(O)OCC[N+](C)(C)C)NC(=O)CCCCCCCCC/C=C/CCCCCCCC. The van der Waals surface area contributed by atoms with Crippen LogP contribution in [0.2, 0.25) is 0 Å². The minimum Gasteiger partial charge on any atom is -0.456 e. The summed E-state index contributed by atoms with van der Waals surface area (Å²) in [6, 6.07) is -0.855. The maximum absolute atomic E-state index is 13.5. The molecule has 0 aromatic rings. The normalized spacial score (nSPS) is 14.2. The Labute approximate surface area is 439 Å². The summed E-state index contributed by atoms with van der Waals surface area (Å²) in [5.41, 5.74) is 0. The molecule has 0 aromatic heterocycles. The molecule has 0 saturated heterocycles. The number of allylic oxidation sites excluding steroid dienone is 9. The molecule has 3 unspecified atom stereocenters. The Morgan fingerprint density at radius 3 is 1.38 bits per heavy atom. The van der Waals surface area contributed by atoms with Gasteiger partial charge in [0, 0.05) is 12.8 Å². The first kappa shape index (κ1) is 68.7. The number of carbonyl (C=O) groups is 2. The van der Waals surface area contributed by atoms with Gasteiger partial charge in [0.15, 0.2) is 0 Å². The van der Waals surface area contributed by atoms with Crippen LogP contribution in [0.5, 0.6) is 0 Å². The molecule has 0 aliphatic heterocycles. The highest BCUT2D eigenvalue weighted by molar-refractivity contribution is 7.47. The first-order valence-electron chi connectivity index (χ1n) is 29.6. The van der Waals surface area contributed by atoms with Crippen LogP contribution in [-0.4, -0.2) is 74.3 Å². The van der Waals surface area contributed by atoms with Crippen LogP contribution in [0.25, 0.3) is 0 Å². The van der Waals surface area contributed by atoms with Crippen molar-refractivity contribution in [1.82, 2.24) is 5.32 Å². The smallest absolute Gasteiger partial charge is 0.456 e. The third-order valence-electron chi connectivity index (χ3n) is 13.0. The summed E-state index contributed by atoms with van der Waals surface area (Å²) in [4.78, 5) is 37.6. The Morgan fingerprint density at radius 1 is 0.507 bits per heavy atom. The van der Waals surface area contributed by atoms with Crippen molar-refractivity contribution < 1.29 is 37.3 Å². The fraction of sp³-hybridized carbons (Fsp3) is 0.803. The number of nitrogens with one attached hydrogen (secondary N) is 1. The van der Waals surface area contributed by atoms with Crippen molar-refractivity contribution in [2.75, 3.05) is 40.9 Å². The molecular formula is C61H114N2O7P+. The van der Waals surface area contributed by atoms with Crippen molar-refractivity contribution in [3.8, 4) is 0 Å². The average Bonchev–Trinajstić information content (AvgIpc) is 3.33. The van der Waals surface area contributed by atoms with Gasteiger partial charge in [0.25, 0.3) is 0 Å². The molecule has 71 heavy (non-hydrogen) atoms. The number of rotatable bonds is 53. The van der Waals surface area contributed by atoms with Gasteiger partial charge in [-0.2, -0.15) is 0 Å². The number of likely N-dealkylation sites (N-methyl/N-ethyl adjacent to an activating group) is 1. The maximum Gasteiger partial charge on any atom is 0.472 e. The van der Waals surface area contributed by atoms with Gasteiger partial charge in [-0.3, -0.25) is 18.6 Å². The predicted molar refractivity (Wildman–Crippen MR) is 305 cm³/mol. The minimum atomic E-state index is -4.45. The highest BCUT2D eigenvalue weighted by Crippen LogP contribution is 2.43. The monoisotopic (exact) mass is 1020 g/mol. The van der Waals surface area contributed by atoms with Crippen LogP contribution >= 0.6 is 7.82 Å². The summed E-state index contributed by atoms with van der Waals surface area (Å²) in [7, 11) is 1.48. The molecule has 0 heterocycles. The molecule has 9 nitrogen and oxygen atoms in total. The molecular weight excluding hydrogens is 904 g/mol. The van der Waals surface area contributed by atoms with Crippen molar-refractivity contribution in [2.24, 2.45) is 0 Å². The van der Waals surface area contributed by atoms with E-state index in [-0.39, 0.29) is 31.5 Å². The number of quaternary nitrogens is 1. The number of ether oxygens (including phenoxy) is 1. The van der Waals surface area contributed by atoms with E-state index in [9.17, 15) is 19.0 Å². The first-order valence-corrected chi connectivity index (χ1v) is 31.1. The predicted octanol–water partition coefficient (Wildman–Crippen LogP) is 17.9. The number of esters is 1. The van der Waals surface area contributed by atoms with Gasteiger partial charge in [0.2, 0.25) is 5.91 Å². The summed E-state index contributed by atoms with van der Waals surface area (Å²) in [5, 5.41) is 3.05. The lowest BCUT2D eigenvalue weighted by atomic mass is 10.0. The fourth-order valence-electron chi connectivity index (χ4n) is 8.41. The van der Waals surface area contributed by atoms with Gasteiger partial charge in [-0.15, -0.1) is 0 Å². The molecule has 1 amide bonds. The molecule has 414 valence electrons. The molecule has 0 fully saturated rings. The van der Waals surface area contributed by atoms with E-state index in [0.29, 0.717) is 17.4 Å². The Kier molecular flexibility index (Phi) is 49.6. The number of amides is 1. The van der Waals surface area contributed by atoms with E-state index < -0.39 is 20.0 Å². The van der Waals surface area contributed by atoms with Gasteiger partial charge in [0.05, 0.1) is 33.8 Å². The highest BCUT2D eigenvalue weighted by atomic mass is 31.2. The Morgan fingerprint density at radius 2 is 0.915 bits per heavy atom. The quantitative estimate of drug-likeness (QED) is 0.0156.